The Bertz CT molecular complexity index is 653. The summed E-state index contributed by atoms with van der Waals surface area (Å²) in [5.74, 6) is -0.402. The second-order valence-corrected chi connectivity index (χ2v) is 4.19. The molecule has 0 radical (unpaired) electrons. The van der Waals surface area contributed by atoms with Crippen LogP contribution in [0.3, 0.4) is 0 Å². The van der Waals surface area contributed by atoms with Crippen molar-refractivity contribution in [2.45, 2.75) is 6.92 Å². The number of hydrogen-bond donors (Lipinski definition) is 2. The van der Waals surface area contributed by atoms with Crippen molar-refractivity contribution >= 4 is 29.0 Å². The molecule has 2 aromatic rings. The maximum Gasteiger partial charge on any atom is 0.283 e. The van der Waals surface area contributed by atoms with Gasteiger partial charge in [0, 0.05) is 17.8 Å². The summed E-state index contributed by atoms with van der Waals surface area (Å²) in [6.45, 7) is 1.76. The van der Waals surface area contributed by atoms with Gasteiger partial charge in [-0.15, -0.1) is 0 Å². The minimum absolute atomic E-state index is 0.0129. The third-order valence-corrected chi connectivity index (χ3v) is 2.68. The summed E-state index contributed by atoms with van der Waals surface area (Å²) in [5.41, 5.74) is 0.219. The molecule has 2 N–H and O–H groups in total. The average molecular weight is 281 g/mol. The molecule has 0 aliphatic heterocycles. The Hall–Kier alpha value is -2.41. The van der Waals surface area contributed by atoms with Gasteiger partial charge in [0.2, 0.25) is 0 Å². The molecule has 0 saturated heterocycles. The number of H-pyrrole nitrogens is 1. The maximum absolute atomic E-state index is 12.0. The summed E-state index contributed by atoms with van der Waals surface area (Å²) < 4.78 is 0. The molecule has 0 aliphatic carbocycles. The number of nitrogens with one attached hydrogen (secondary N) is 2. The molecule has 2 rings (SSSR count). The number of amides is 1. The Morgan fingerprint density at radius 2 is 2.26 bits per heavy atom. The van der Waals surface area contributed by atoms with Gasteiger partial charge in [0.05, 0.1) is 9.95 Å². The second-order valence-electron chi connectivity index (χ2n) is 3.78. The minimum atomic E-state index is -0.677. The second kappa shape index (κ2) is 5.07. The molecule has 0 unspecified atom stereocenters. The van der Waals surface area contributed by atoms with Crippen LogP contribution >= 0.6 is 11.6 Å². The average Bonchev–Trinajstić information content (AvgIpc) is 2.74. The fraction of sp³-hybridized carbons (Fsp3) is 0.0909. The molecule has 0 saturated carbocycles. The van der Waals surface area contributed by atoms with Crippen LogP contribution in [0.4, 0.5) is 11.5 Å². The zero-order chi connectivity index (χ0) is 14.0. The van der Waals surface area contributed by atoms with E-state index in [0.29, 0.717) is 0 Å². The van der Waals surface area contributed by atoms with Crippen molar-refractivity contribution < 1.29 is 9.72 Å². The number of anilines is 1. The molecule has 1 amide bonds. The first-order valence-corrected chi connectivity index (χ1v) is 5.63. The first kappa shape index (κ1) is 13.0. The van der Waals surface area contributed by atoms with Gasteiger partial charge in [-0.2, -0.15) is 5.10 Å². The van der Waals surface area contributed by atoms with Gasteiger partial charge >= 0.3 is 0 Å². The number of carbonyl (C=O) groups is 1. The zero-order valence-corrected chi connectivity index (χ0v) is 10.6. The summed E-state index contributed by atoms with van der Waals surface area (Å²) in [7, 11) is 0. The summed E-state index contributed by atoms with van der Waals surface area (Å²) in [6.07, 6.45) is 0. The lowest BCUT2D eigenvalue weighted by atomic mass is 10.1. The highest BCUT2D eigenvalue weighted by Crippen LogP contribution is 2.26. The van der Waals surface area contributed by atoms with Crippen molar-refractivity contribution in [3.05, 3.63) is 50.7 Å². The standard InChI is InChI=1S/C11H9ClN4O3/c1-6-5-9(15-14-6)13-11(17)10-7(12)3-2-4-8(10)16(18)19/h2-5H,1H3,(H2,13,14,15,17). The molecule has 0 bridgehead atoms. The normalized spacial score (nSPS) is 10.2. The van der Waals surface area contributed by atoms with Crippen LogP contribution in [-0.4, -0.2) is 21.0 Å². The van der Waals surface area contributed by atoms with Gasteiger partial charge in [0.15, 0.2) is 5.82 Å². The topological polar surface area (TPSA) is 101 Å². The predicted octanol–water partition coefficient (Wildman–Crippen LogP) is 2.53. The third-order valence-electron chi connectivity index (χ3n) is 2.36. The van der Waals surface area contributed by atoms with E-state index in [9.17, 15) is 14.9 Å². The van der Waals surface area contributed by atoms with Crippen molar-refractivity contribution in [3.8, 4) is 0 Å². The van der Waals surface area contributed by atoms with Gasteiger partial charge in [-0.1, -0.05) is 17.7 Å². The molecule has 0 aliphatic rings. The Kier molecular flexibility index (Phi) is 3.48. The Morgan fingerprint density at radius 1 is 1.53 bits per heavy atom. The fourth-order valence-electron chi connectivity index (χ4n) is 1.55. The van der Waals surface area contributed by atoms with Gasteiger partial charge in [0.1, 0.15) is 5.56 Å². The Labute approximate surface area is 112 Å². The van der Waals surface area contributed by atoms with Crippen LogP contribution in [-0.2, 0) is 0 Å². The molecule has 8 heteroatoms. The number of halogens is 1. The van der Waals surface area contributed by atoms with Gasteiger partial charge in [-0.25, -0.2) is 0 Å². The zero-order valence-electron chi connectivity index (χ0n) is 9.81. The molecular weight excluding hydrogens is 272 g/mol. The Morgan fingerprint density at radius 3 is 2.84 bits per heavy atom. The highest BCUT2D eigenvalue weighted by atomic mass is 35.5. The van der Waals surface area contributed by atoms with Crippen LogP contribution in [0, 0.1) is 17.0 Å². The van der Waals surface area contributed by atoms with E-state index < -0.39 is 10.8 Å². The van der Waals surface area contributed by atoms with E-state index >= 15 is 0 Å². The van der Waals surface area contributed by atoms with Crippen molar-refractivity contribution in [3.63, 3.8) is 0 Å². The number of hydrogen-bond acceptors (Lipinski definition) is 4. The van der Waals surface area contributed by atoms with Gasteiger partial charge < -0.3 is 5.32 Å². The molecule has 7 nitrogen and oxygen atoms in total. The number of carbonyl (C=O) groups excluding carboxylic acids is 1. The molecule has 98 valence electrons. The molecule has 1 aromatic carbocycles. The monoisotopic (exact) mass is 280 g/mol. The van der Waals surface area contributed by atoms with E-state index in [0.717, 1.165) is 5.69 Å². The highest BCUT2D eigenvalue weighted by molar-refractivity contribution is 6.35. The number of rotatable bonds is 3. The van der Waals surface area contributed by atoms with Crippen LogP contribution in [0.1, 0.15) is 16.1 Å². The first-order chi connectivity index (χ1) is 8.99. The molecule has 0 fully saturated rings. The predicted molar refractivity (Wildman–Crippen MR) is 69.4 cm³/mol. The molecule has 19 heavy (non-hydrogen) atoms. The van der Waals surface area contributed by atoms with E-state index in [-0.39, 0.29) is 22.1 Å². The van der Waals surface area contributed by atoms with Crippen molar-refractivity contribution in [1.29, 1.82) is 0 Å². The molecule has 1 heterocycles. The summed E-state index contributed by atoms with van der Waals surface area (Å²) in [6, 6.07) is 5.65. The van der Waals surface area contributed by atoms with Crippen molar-refractivity contribution in [2.75, 3.05) is 5.32 Å². The SMILES string of the molecule is Cc1cc(NC(=O)c2c(Cl)cccc2[N+](=O)[O-])n[nH]1. The quantitative estimate of drug-likeness (QED) is 0.666. The van der Waals surface area contributed by atoms with E-state index in [2.05, 4.69) is 15.5 Å². The smallest absolute Gasteiger partial charge is 0.283 e. The van der Waals surface area contributed by atoms with Crippen molar-refractivity contribution in [1.82, 2.24) is 10.2 Å². The summed E-state index contributed by atoms with van der Waals surface area (Å²) >= 11 is 5.85. The number of nitrogens with zero attached hydrogens (tertiary/aromatic N) is 2. The minimum Gasteiger partial charge on any atom is -0.305 e. The van der Waals surface area contributed by atoms with Crippen LogP contribution in [0.25, 0.3) is 0 Å². The number of aryl methyl sites for hydroxylation is 1. The van der Waals surface area contributed by atoms with Crippen LogP contribution in [0.15, 0.2) is 24.3 Å². The lowest BCUT2D eigenvalue weighted by Crippen LogP contribution is -2.14. The molecule has 0 spiro atoms. The lowest BCUT2D eigenvalue weighted by Gasteiger charge is -2.04. The summed E-state index contributed by atoms with van der Waals surface area (Å²) in [5, 5.41) is 19.8. The third kappa shape index (κ3) is 2.71. The molecule has 0 atom stereocenters. The van der Waals surface area contributed by atoms with Crippen LogP contribution in [0.2, 0.25) is 5.02 Å². The van der Waals surface area contributed by atoms with Crippen molar-refractivity contribution in [2.24, 2.45) is 0 Å². The number of benzene rings is 1. The maximum atomic E-state index is 12.0. The Balaban J connectivity index is 2.36. The number of aromatic amines is 1. The van der Waals surface area contributed by atoms with Gasteiger partial charge in [0.25, 0.3) is 11.6 Å². The van der Waals surface area contributed by atoms with Crippen LogP contribution in [0.5, 0.6) is 0 Å². The molecular formula is C11H9ClN4O3. The number of nitro groups is 1. The number of nitro benzene ring substituents is 1. The first-order valence-electron chi connectivity index (χ1n) is 5.25. The fourth-order valence-corrected chi connectivity index (χ4v) is 1.81. The van der Waals surface area contributed by atoms with E-state index in [1.807, 2.05) is 0 Å². The van der Waals surface area contributed by atoms with Crippen LogP contribution < -0.4 is 5.32 Å². The van der Waals surface area contributed by atoms with E-state index in [4.69, 9.17) is 11.6 Å². The lowest BCUT2D eigenvalue weighted by molar-refractivity contribution is -0.385. The number of aromatic nitrogens is 2. The molecule has 1 aromatic heterocycles. The summed E-state index contributed by atoms with van der Waals surface area (Å²) in [4.78, 5) is 22.2. The van der Waals surface area contributed by atoms with E-state index in [1.54, 1.807) is 13.0 Å². The van der Waals surface area contributed by atoms with E-state index in [1.165, 1.54) is 18.2 Å². The van der Waals surface area contributed by atoms with Gasteiger partial charge in [-0.05, 0) is 13.0 Å². The van der Waals surface area contributed by atoms with Gasteiger partial charge in [-0.3, -0.25) is 20.0 Å². The highest BCUT2D eigenvalue weighted by Gasteiger charge is 2.23. The largest absolute Gasteiger partial charge is 0.305 e.